The molecule has 144 valence electrons. The Hall–Kier alpha value is -2.77. The Morgan fingerprint density at radius 3 is 2.70 bits per heavy atom. The van der Waals surface area contributed by atoms with E-state index in [2.05, 4.69) is 15.7 Å². The van der Waals surface area contributed by atoms with Crippen molar-refractivity contribution in [2.45, 2.75) is 39.0 Å². The molecule has 1 aromatic heterocycles. The molecular weight excluding hydrogens is 354 g/mol. The zero-order valence-electron chi connectivity index (χ0n) is 15.1. The van der Waals surface area contributed by atoms with Gasteiger partial charge in [0.2, 0.25) is 5.91 Å². The molecule has 6 nitrogen and oxygen atoms in total. The van der Waals surface area contributed by atoms with Crippen LogP contribution in [0.4, 0.5) is 8.78 Å². The van der Waals surface area contributed by atoms with Gasteiger partial charge in [0.1, 0.15) is 0 Å². The molecular formula is C19H22F2N4O2. The first-order valence-electron chi connectivity index (χ1n) is 9.12. The van der Waals surface area contributed by atoms with E-state index < -0.39 is 11.6 Å². The first-order chi connectivity index (χ1) is 13.0. The highest BCUT2D eigenvalue weighted by Crippen LogP contribution is 2.28. The van der Waals surface area contributed by atoms with E-state index in [1.165, 1.54) is 10.7 Å². The zero-order valence-corrected chi connectivity index (χ0v) is 15.1. The van der Waals surface area contributed by atoms with Crippen LogP contribution in [0.15, 0.2) is 18.2 Å². The second-order valence-corrected chi connectivity index (χ2v) is 6.49. The summed E-state index contributed by atoms with van der Waals surface area (Å²) in [5.41, 5.74) is 2.32. The molecule has 0 saturated heterocycles. The van der Waals surface area contributed by atoms with Crippen molar-refractivity contribution in [3.63, 3.8) is 0 Å². The van der Waals surface area contributed by atoms with Crippen LogP contribution in [0, 0.1) is 11.6 Å². The molecule has 1 aliphatic rings. The fraction of sp³-hybridized carbons (Fsp3) is 0.421. The molecule has 8 heteroatoms. The summed E-state index contributed by atoms with van der Waals surface area (Å²) < 4.78 is 28.3. The lowest BCUT2D eigenvalue weighted by atomic mass is 10.2. The Morgan fingerprint density at radius 2 is 1.96 bits per heavy atom. The summed E-state index contributed by atoms with van der Waals surface area (Å²) in [6, 6.07) is 3.55. The summed E-state index contributed by atoms with van der Waals surface area (Å²) in [4.78, 5) is 24.1. The number of fused-ring (bicyclic) bond motifs is 1. The summed E-state index contributed by atoms with van der Waals surface area (Å²) in [6.45, 7) is 2.78. The Bertz CT molecular complexity index is 864. The minimum absolute atomic E-state index is 0.116. The fourth-order valence-electron chi connectivity index (χ4n) is 3.18. The maximum Gasteiger partial charge on any atom is 0.272 e. The zero-order chi connectivity index (χ0) is 19.4. The molecule has 3 rings (SSSR count). The number of hydrogen-bond acceptors (Lipinski definition) is 3. The number of benzene rings is 1. The van der Waals surface area contributed by atoms with E-state index in [1.54, 1.807) is 0 Å². The van der Waals surface area contributed by atoms with Crippen LogP contribution >= 0.6 is 0 Å². The third kappa shape index (κ3) is 4.15. The van der Waals surface area contributed by atoms with E-state index in [4.69, 9.17) is 0 Å². The minimum Gasteiger partial charge on any atom is -0.356 e. The highest BCUT2D eigenvalue weighted by molar-refractivity contribution is 5.94. The predicted molar refractivity (Wildman–Crippen MR) is 95.8 cm³/mol. The van der Waals surface area contributed by atoms with Gasteiger partial charge in [-0.05, 0) is 37.8 Å². The molecule has 0 unspecified atom stereocenters. The smallest absolute Gasteiger partial charge is 0.272 e. The maximum absolute atomic E-state index is 13.6. The molecule has 27 heavy (non-hydrogen) atoms. The van der Waals surface area contributed by atoms with Crippen LogP contribution < -0.4 is 10.6 Å². The average molecular weight is 376 g/mol. The fourth-order valence-corrected chi connectivity index (χ4v) is 3.18. The molecule has 2 N–H and O–H groups in total. The van der Waals surface area contributed by atoms with Gasteiger partial charge in [0.05, 0.1) is 5.69 Å². The standard InChI is InChI=1S/C19H22F2N4O2/c1-2-9-22-17(26)8-10-23-19(27)18-13-4-3-5-16(13)25(24-18)12-6-7-14(20)15(21)11-12/h6-7,11H,2-5,8-10H2,1H3,(H,22,26)(H,23,27). The lowest BCUT2D eigenvalue weighted by Crippen LogP contribution is -2.31. The van der Waals surface area contributed by atoms with Gasteiger partial charge in [0.15, 0.2) is 17.3 Å². The highest BCUT2D eigenvalue weighted by atomic mass is 19.2. The third-order valence-electron chi connectivity index (χ3n) is 4.50. The third-order valence-corrected chi connectivity index (χ3v) is 4.50. The van der Waals surface area contributed by atoms with Crippen LogP contribution in [0.25, 0.3) is 5.69 Å². The molecule has 2 amide bonds. The normalized spacial score (nSPS) is 12.7. The van der Waals surface area contributed by atoms with Crippen molar-refractivity contribution in [2.24, 2.45) is 0 Å². The second-order valence-electron chi connectivity index (χ2n) is 6.49. The van der Waals surface area contributed by atoms with Crippen LogP contribution in [0.1, 0.15) is 47.9 Å². The number of nitrogens with one attached hydrogen (secondary N) is 2. The van der Waals surface area contributed by atoms with Gasteiger partial charge in [-0.2, -0.15) is 5.10 Å². The molecule has 1 aromatic carbocycles. The molecule has 0 radical (unpaired) electrons. The first kappa shape index (κ1) is 19.0. The molecule has 2 aromatic rings. The van der Waals surface area contributed by atoms with Gasteiger partial charge >= 0.3 is 0 Å². The van der Waals surface area contributed by atoms with Crippen LogP contribution in [0.2, 0.25) is 0 Å². The lowest BCUT2D eigenvalue weighted by molar-refractivity contribution is -0.120. The number of hydrogen-bond donors (Lipinski definition) is 2. The van der Waals surface area contributed by atoms with Gasteiger partial charge in [-0.3, -0.25) is 9.59 Å². The summed E-state index contributed by atoms with van der Waals surface area (Å²) in [6.07, 6.45) is 3.34. The molecule has 0 aliphatic heterocycles. The average Bonchev–Trinajstić information content (AvgIpc) is 3.24. The number of halogens is 2. The quantitative estimate of drug-likeness (QED) is 0.779. The highest BCUT2D eigenvalue weighted by Gasteiger charge is 2.27. The number of carbonyl (C=O) groups excluding carboxylic acids is 2. The van der Waals surface area contributed by atoms with Gasteiger partial charge in [0.25, 0.3) is 5.91 Å². The maximum atomic E-state index is 13.6. The van der Waals surface area contributed by atoms with Gasteiger partial charge in [-0.25, -0.2) is 13.5 Å². The largest absolute Gasteiger partial charge is 0.356 e. The van der Waals surface area contributed by atoms with Crippen molar-refractivity contribution in [2.75, 3.05) is 13.1 Å². The van der Waals surface area contributed by atoms with Crippen molar-refractivity contribution in [3.05, 3.63) is 46.8 Å². The summed E-state index contributed by atoms with van der Waals surface area (Å²) in [7, 11) is 0. The van der Waals surface area contributed by atoms with Crippen molar-refractivity contribution < 1.29 is 18.4 Å². The van der Waals surface area contributed by atoms with Crippen molar-refractivity contribution in [1.82, 2.24) is 20.4 Å². The molecule has 0 atom stereocenters. The van der Waals surface area contributed by atoms with E-state index in [1.807, 2.05) is 6.92 Å². The Balaban J connectivity index is 1.74. The molecule has 0 spiro atoms. The van der Waals surface area contributed by atoms with Crippen molar-refractivity contribution in [3.8, 4) is 5.69 Å². The second kappa shape index (κ2) is 8.28. The number of nitrogens with zero attached hydrogens (tertiary/aromatic N) is 2. The Labute approximate surface area is 155 Å². The Morgan fingerprint density at radius 1 is 1.15 bits per heavy atom. The molecule has 0 fully saturated rings. The summed E-state index contributed by atoms with van der Waals surface area (Å²) in [5.74, 6) is -2.37. The van der Waals surface area contributed by atoms with Crippen LogP contribution in [0.3, 0.4) is 0 Å². The van der Waals surface area contributed by atoms with Crippen molar-refractivity contribution in [1.29, 1.82) is 0 Å². The van der Waals surface area contributed by atoms with Gasteiger partial charge < -0.3 is 10.6 Å². The lowest BCUT2D eigenvalue weighted by Gasteiger charge is -2.06. The SMILES string of the molecule is CCCNC(=O)CCNC(=O)c1nn(-c2ccc(F)c(F)c2)c2c1CCC2. The summed E-state index contributed by atoms with van der Waals surface area (Å²) in [5, 5.41) is 9.79. The molecule has 1 heterocycles. The van der Waals surface area contributed by atoms with Gasteiger partial charge in [0, 0.05) is 36.8 Å². The van der Waals surface area contributed by atoms with Crippen LogP contribution in [-0.4, -0.2) is 34.7 Å². The van der Waals surface area contributed by atoms with E-state index in [-0.39, 0.29) is 30.5 Å². The van der Waals surface area contributed by atoms with Crippen LogP contribution in [0.5, 0.6) is 0 Å². The van der Waals surface area contributed by atoms with Crippen LogP contribution in [-0.2, 0) is 17.6 Å². The number of carbonyl (C=O) groups is 2. The number of amides is 2. The van der Waals surface area contributed by atoms with E-state index in [0.29, 0.717) is 25.1 Å². The minimum atomic E-state index is -0.959. The first-order valence-corrected chi connectivity index (χ1v) is 9.12. The molecule has 0 saturated carbocycles. The van der Waals surface area contributed by atoms with Crippen molar-refractivity contribution >= 4 is 11.8 Å². The van der Waals surface area contributed by atoms with E-state index in [9.17, 15) is 18.4 Å². The molecule has 0 bridgehead atoms. The number of rotatable bonds is 7. The van der Waals surface area contributed by atoms with E-state index >= 15 is 0 Å². The summed E-state index contributed by atoms with van der Waals surface area (Å²) >= 11 is 0. The monoisotopic (exact) mass is 376 g/mol. The van der Waals surface area contributed by atoms with Gasteiger partial charge in [-0.15, -0.1) is 0 Å². The number of aromatic nitrogens is 2. The van der Waals surface area contributed by atoms with Gasteiger partial charge in [-0.1, -0.05) is 6.92 Å². The Kier molecular flexibility index (Phi) is 5.83. The van der Waals surface area contributed by atoms with E-state index in [0.717, 1.165) is 36.2 Å². The molecule has 1 aliphatic carbocycles. The topological polar surface area (TPSA) is 76.0 Å². The predicted octanol–water partition coefficient (Wildman–Crippen LogP) is 2.29.